The Labute approximate surface area is 213 Å². The van der Waals surface area contributed by atoms with Crippen LogP contribution in [0.3, 0.4) is 0 Å². The van der Waals surface area contributed by atoms with E-state index in [0.29, 0.717) is 5.69 Å². The Morgan fingerprint density at radius 1 is 1.18 bits per heavy atom. The number of nitrogens with zero attached hydrogens (tertiary/aromatic N) is 5. The third kappa shape index (κ3) is 6.04. The molecule has 4 rings (SSSR count). The lowest BCUT2D eigenvalue weighted by Gasteiger charge is -2.25. The van der Waals surface area contributed by atoms with Crippen LogP contribution in [0.2, 0.25) is 0 Å². The predicted octanol–water partition coefficient (Wildman–Crippen LogP) is 1.14. The number of amides is 4. The number of benzene rings is 1. The highest BCUT2D eigenvalue weighted by Gasteiger charge is 2.43. The van der Waals surface area contributed by atoms with Gasteiger partial charge in [-0.1, -0.05) is 0 Å². The smallest absolute Gasteiger partial charge is 0.415 e. The molecule has 1 aromatic carbocycles. The summed E-state index contributed by atoms with van der Waals surface area (Å²) < 4.78 is 60.3. The molecule has 206 valence electrons. The van der Waals surface area contributed by atoms with Crippen LogP contribution in [0.15, 0.2) is 18.3 Å². The lowest BCUT2D eigenvalue weighted by molar-refractivity contribution is -0.132. The standard InChI is InChI=1S/C21H24F4N8O5/c1-21(10-27-18(34)17(24)25)11-32(20(36)38-21)13-6-14(22)16(15(23)7-13)31-2-3-33(37-5-4-31)19(35)26-8-12-9-28-30-29-12/h6-7,9,17H,2-5,8,10-11H2,1H3,(H,26,35)(H,27,34)(H,28,29,30). The molecular formula is C21H24F4N8O5. The summed E-state index contributed by atoms with van der Waals surface area (Å²) in [5, 5.41) is 15.5. The summed E-state index contributed by atoms with van der Waals surface area (Å²) in [6, 6.07) is 1.32. The van der Waals surface area contributed by atoms with Crippen molar-refractivity contribution in [3.05, 3.63) is 35.7 Å². The molecule has 2 fully saturated rings. The van der Waals surface area contributed by atoms with E-state index in [4.69, 9.17) is 9.57 Å². The maximum atomic E-state index is 15.1. The first kappa shape index (κ1) is 26.9. The highest BCUT2D eigenvalue weighted by molar-refractivity contribution is 5.91. The Balaban J connectivity index is 1.40. The number of nitrogens with one attached hydrogen (secondary N) is 3. The summed E-state index contributed by atoms with van der Waals surface area (Å²) in [5.41, 5.74) is -1.42. The van der Waals surface area contributed by atoms with E-state index < -0.39 is 48.2 Å². The Kier molecular flexibility index (Phi) is 7.84. The van der Waals surface area contributed by atoms with E-state index in [1.54, 1.807) is 0 Å². The molecule has 2 aliphatic heterocycles. The van der Waals surface area contributed by atoms with Crippen LogP contribution < -0.4 is 20.4 Å². The van der Waals surface area contributed by atoms with Gasteiger partial charge in [-0.25, -0.2) is 23.4 Å². The SMILES string of the molecule is CC1(CNC(=O)C(F)F)CN(c2cc(F)c(N3CCON(C(=O)NCc4cn[nH]n4)CC3)c(F)c2)C(=O)O1. The van der Waals surface area contributed by atoms with Crippen LogP contribution in [-0.4, -0.2) is 89.9 Å². The molecule has 4 amide bonds. The van der Waals surface area contributed by atoms with Crippen LogP contribution in [0.1, 0.15) is 12.6 Å². The summed E-state index contributed by atoms with van der Waals surface area (Å²) in [7, 11) is 0. The predicted molar refractivity (Wildman–Crippen MR) is 121 cm³/mol. The van der Waals surface area contributed by atoms with Crippen molar-refractivity contribution in [2.45, 2.75) is 25.5 Å². The normalized spacial score (nSPS) is 19.9. The molecule has 0 radical (unpaired) electrons. The van der Waals surface area contributed by atoms with Crippen molar-refractivity contribution in [1.82, 2.24) is 31.1 Å². The van der Waals surface area contributed by atoms with Gasteiger partial charge in [0.2, 0.25) is 0 Å². The zero-order chi connectivity index (χ0) is 27.4. The van der Waals surface area contributed by atoms with Gasteiger partial charge >= 0.3 is 18.5 Å². The molecule has 2 saturated heterocycles. The highest BCUT2D eigenvalue weighted by atomic mass is 19.3. The first-order valence-corrected chi connectivity index (χ1v) is 11.4. The van der Waals surface area contributed by atoms with Crippen molar-refractivity contribution in [1.29, 1.82) is 0 Å². The third-order valence-electron chi connectivity index (χ3n) is 5.80. The number of halogens is 4. The van der Waals surface area contributed by atoms with Crippen LogP contribution >= 0.6 is 0 Å². The minimum absolute atomic E-state index is 0.00752. The van der Waals surface area contributed by atoms with Gasteiger partial charge in [0.1, 0.15) is 17.0 Å². The van der Waals surface area contributed by atoms with Crippen molar-refractivity contribution >= 4 is 29.4 Å². The number of hydrogen-bond donors (Lipinski definition) is 3. The largest absolute Gasteiger partial charge is 0.439 e. The van der Waals surface area contributed by atoms with Crippen LogP contribution in [0.4, 0.5) is 38.5 Å². The number of urea groups is 1. The number of ether oxygens (including phenoxy) is 1. The van der Waals surface area contributed by atoms with Gasteiger partial charge in [-0.15, -0.1) is 0 Å². The van der Waals surface area contributed by atoms with Crippen LogP contribution in [0.25, 0.3) is 0 Å². The van der Waals surface area contributed by atoms with Gasteiger partial charge in [-0.2, -0.15) is 24.2 Å². The number of anilines is 2. The first-order chi connectivity index (χ1) is 18.1. The van der Waals surface area contributed by atoms with E-state index in [1.165, 1.54) is 18.0 Å². The van der Waals surface area contributed by atoms with Crippen LogP contribution in [0.5, 0.6) is 0 Å². The van der Waals surface area contributed by atoms with E-state index in [9.17, 15) is 23.2 Å². The van der Waals surface area contributed by atoms with Crippen molar-refractivity contribution in [2.24, 2.45) is 0 Å². The molecule has 17 heteroatoms. The number of aromatic nitrogens is 3. The van der Waals surface area contributed by atoms with Crippen LogP contribution in [-0.2, 0) is 20.9 Å². The van der Waals surface area contributed by atoms with Gasteiger partial charge in [0, 0.05) is 25.2 Å². The van der Waals surface area contributed by atoms with Gasteiger partial charge in [-0.3, -0.25) is 14.5 Å². The Bertz CT molecular complexity index is 1160. The Morgan fingerprint density at radius 3 is 2.58 bits per heavy atom. The van der Waals surface area contributed by atoms with Crippen molar-refractivity contribution in [2.75, 3.05) is 49.1 Å². The number of carbonyl (C=O) groups excluding carboxylic acids is 3. The van der Waals surface area contributed by atoms with Crippen LogP contribution in [0, 0.1) is 11.6 Å². The van der Waals surface area contributed by atoms with Crippen molar-refractivity contribution < 1.29 is 41.5 Å². The maximum Gasteiger partial charge on any atom is 0.415 e. The minimum Gasteiger partial charge on any atom is -0.439 e. The molecule has 38 heavy (non-hydrogen) atoms. The maximum absolute atomic E-state index is 15.1. The number of hydroxylamine groups is 2. The van der Waals surface area contributed by atoms with E-state index in [1.807, 2.05) is 5.32 Å². The second kappa shape index (κ2) is 11.1. The topological polar surface area (TPSA) is 145 Å². The highest BCUT2D eigenvalue weighted by Crippen LogP contribution is 2.33. The molecule has 1 unspecified atom stereocenters. The fourth-order valence-corrected chi connectivity index (χ4v) is 3.94. The molecule has 0 aliphatic carbocycles. The zero-order valence-corrected chi connectivity index (χ0v) is 20.0. The fourth-order valence-electron chi connectivity index (χ4n) is 3.94. The molecule has 1 atom stereocenters. The molecular weight excluding hydrogens is 520 g/mol. The quantitative estimate of drug-likeness (QED) is 0.440. The van der Waals surface area contributed by atoms with Gasteiger partial charge < -0.3 is 20.3 Å². The Hall–Kier alpha value is -4.15. The number of H-pyrrole nitrogens is 1. The number of cyclic esters (lactones) is 1. The summed E-state index contributed by atoms with van der Waals surface area (Å²) >= 11 is 0. The molecule has 3 N–H and O–H groups in total. The van der Waals surface area contributed by atoms with Gasteiger partial charge in [-0.05, 0) is 6.92 Å². The second-order valence-electron chi connectivity index (χ2n) is 8.72. The molecule has 2 aliphatic rings. The average molecular weight is 544 g/mol. The van der Waals surface area contributed by atoms with E-state index in [0.717, 1.165) is 22.1 Å². The molecule has 13 nitrogen and oxygen atoms in total. The Morgan fingerprint density at radius 2 is 1.92 bits per heavy atom. The monoisotopic (exact) mass is 544 g/mol. The zero-order valence-electron chi connectivity index (χ0n) is 20.0. The van der Waals surface area contributed by atoms with Gasteiger partial charge in [0.05, 0.1) is 44.7 Å². The second-order valence-corrected chi connectivity index (χ2v) is 8.72. The minimum atomic E-state index is -3.24. The molecule has 0 bridgehead atoms. The third-order valence-corrected chi connectivity index (χ3v) is 5.80. The summed E-state index contributed by atoms with van der Waals surface area (Å²) in [4.78, 5) is 43.6. The summed E-state index contributed by atoms with van der Waals surface area (Å²) in [6.07, 6.45) is -2.76. The first-order valence-electron chi connectivity index (χ1n) is 11.4. The lowest BCUT2D eigenvalue weighted by Crippen LogP contribution is -2.45. The van der Waals surface area contributed by atoms with Crippen molar-refractivity contribution in [3.63, 3.8) is 0 Å². The average Bonchev–Trinajstić information content (AvgIpc) is 3.41. The number of alkyl halides is 2. The lowest BCUT2D eigenvalue weighted by atomic mass is 10.1. The van der Waals surface area contributed by atoms with E-state index in [-0.39, 0.29) is 50.7 Å². The molecule has 1 aromatic heterocycles. The molecule has 2 aromatic rings. The molecule has 0 saturated carbocycles. The molecule has 0 spiro atoms. The van der Waals surface area contributed by atoms with Crippen molar-refractivity contribution in [3.8, 4) is 0 Å². The summed E-state index contributed by atoms with van der Waals surface area (Å²) in [6.45, 7) is 0.877. The van der Waals surface area contributed by atoms with E-state index >= 15 is 8.78 Å². The van der Waals surface area contributed by atoms with Gasteiger partial charge in [0.15, 0.2) is 11.6 Å². The van der Waals surface area contributed by atoms with E-state index in [2.05, 4.69) is 20.7 Å². The number of hydrogen-bond acceptors (Lipinski definition) is 8. The fraction of sp³-hybridized carbons (Fsp3) is 0.476. The van der Waals surface area contributed by atoms with Gasteiger partial charge in [0.25, 0.3) is 5.91 Å². The number of rotatable bonds is 7. The summed E-state index contributed by atoms with van der Waals surface area (Å²) in [5.74, 6) is -3.48. The number of aromatic amines is 1. The molecule has 3 heterocycles. The number of carbonyl (C=O) groups is 3.